The first-order valence-corrected chi connectivity index (χ1v) is 8.48. The maximum atomic E-state index is 5.54. The van der Waals surface area contributed by atoms with Crippen molar-refractivity contribution in [3.63, 3.8) is 0 Å². The fourth-order valence-corrected chi connectivity index (χ4v) is 2.91. The topological polar surface area (TPSA) is 35.0 Å². The molecule has 0 spiro atoms. The van der Waals surface area contributed by atoms with E-state index in [1.54, 1.807) is 7.11 Å². The Kier molecular flexibility index (Phi) is 4.44. The Balaban J connectivity index is 1.91. The van der Waals surface area contributed by atoms with Crippen molar-refractivity contribution >= 4 is 23.2 Å². The largest absolute Gasteiger partial charge is 0.496 e. The number of methoxy groups -OCH3 is 1. The van der Waals surface area contributed by atoms with E-state index in [2.05, 4.69) is 18.2 Å². The van der Waals surface area contributed by atoms with E-state index in [0.717, 1.165) is 39.3 Å². The molecule has 0 fully saturated rings. The predicted molar refractivity (Wildman–Crippen MR) is 107 cm³/mol. The van der Waals surface area contributed by atoms with Gasteiger partial charge in [0.2, 0.25) is 0 Å². The highest BCUT2D eigenvalue weighted by Crippen LogP contribution is 2.32. The first-order valence-electron chi connectivity index (χ1n) is 8.48. The Labute approximate surface area is 152 Å². The molecule has 0 aliphatic rings. The molecule has 4 rings (SSSR count). The fraction of sp³-hybridized carbons (Fsp3) is 0.0435. The van der Waals surface area contributed by atoms with E-state index in [0.29, 0.717) is 0 Å². The van der Waals surface area contributed by atoms with E-state index in [1.165, 1.54) is 0 Å². The summed E-state index contributed by atoms with van der Waals surface area (Å²) >= 11 is 0. The molecule has 126 valence electrons. The fourth-order valence-electron chi connectivity index (χ4n) is 2.91. The van der Waals surface area contributed by atoms with Crippen molar-refractivity contribution in [2.45, 2.75) is 0 Å². The van der Waals surface area contributed by atoms with Crippen molar-refractivity contribution in [2.24, 2.45) is 0 Å². The molecule has 3 aromatic carbocycles. The minimum atomic E-state index is 0.784. The van der Waals surface area contributed by atoms with Gasteiger partial charge in [-0.2, -0.15) is 0 Å². The van der Waals surface area contributed by atoms with E-state index in [-0.39, 0.29) is 0 Å². The van der Waals surface area contributed by atoms with Gasteiger partial charge in [-0.1, -0.05) is 60.7 Å². The quantitative estimate of drug-likeness (QED) is 0.494. The average molecular weight is 338 g/mol. The van der Waals surface area contributed by atoms with Gasteiger partial charge in [-0.3, -0.25) is 0 Å². The van der Waals surface area contributed by atoms with Gasteiger partial charge in [-0.25, -0.2) is 9.97 Å². The zero-order valence-electron chi connectivity index (χ0n) is 14.5. The molecule has 3 nitrogen and oxygen atoms in total. The summed E-state index contributed by atoms with van der Waals surface area (Å²) in [7, 11) is 1.67. The first-order chi connectivity index (χ1) is 12.8. The normalized spacial score (nSPS) is 11.1. The molecule has 0 saturated heterocycles. The summed E-state index contributed by atoms with van der Waals surface area (Å²) in [6.07, 6.45) is 4.06. The standard InChI is InChI=1S/C23H18N2O/c1-26-22-14-8-5-11-18(22)23-21(16-15-17-9-3-2-4-10-17)24-19-12-6-7-13-20(19)25-23/h2-16H,1H3/b16-15+. The molecule has 0 bridgehead atoms. The summed E-state index contributed by atoms with van der Waals surface area (Å²) in [5.74, 6) is 0.784. The maximum Gasteiger partial charge on any atom is 0.128 e. The van der Waals surface area contributed by atoms with Gasteiger partial charge in [0.25, 0.3) is 0 Å². The third-order valence-electron chi connectivity index (χ3n) is 4.19. The summed E-state index contributed by atoms with van der Waals surface area (Å²) in [6.45, 7) is 0. The summed E-state index contributed by atoms with van der Waals surface area (Å²) in [5, 5.41) is 0. The number of benzene rings is 3. The lowest BCUT2D eigenvalue weighted by Gasteiger charge is -2.11. The molecule has 0 amide bonds. The lowest BCUT2D eigenvalue weighted by atomic mass is 10.1. The second kappa shape index (κ2) is 7.19. The van der Waals surface area contributed by atoms with Crippen molar-refractivity contribution in [1.82, 2.24) is 9.97 Å². The molecule has 4 aromatic rings. The zero-order chi connectivity index (χ0) is 17.8. The van der Waals surface area contributed by atoms with Crippen LogP contribution >= 0.6 is 0 Å². The van der Waals surface area contributed by atoms with Crippen LogP contribution in [0.15, 0.2) is 78.9 Å². The Morgan fingerprint density at radius 1 is 0.692 bits per heavy atom. The summed E-state index contributed by atoms with van der Waals surface area (Å²) in [4.78, 5) is 9.71. The van der Waals surface area contributed by atoms with Gasteiger partial charge in [0.05, 0.1) is 23.8 Å². The molecule has 0 aliphatic carbocycles. The molecule has 26 heavy (non-hydrogen) atoms. The van der Waals surface area contributed by atoms with Gasteiger partial charge in [0.1, 0.15) is 11.4 Å². The van der Waals surface area contributed by atoms with Gasteiger partial charge in [-0.05, 0) is 35.9 Å². The summed E-state index contributed by atoms with van der Waals surface area (Å²) in [6, 6.07) is 26.0. The Morgan fingerprint density at radius 3 is 2.12 bits per heavy atom. The van der Waals surface area contributed by atoms with Gasteiger partial charge in [0.15, 0.2) is 0 Å². The molecule has 0 aliphatic heterocycles. The Morgan fingerprint density at radius 2 is 1.35 bits per heavy atom. The second-order valence-corrected chi connectivity index (χ2v) is 5.89. The highest BCUT2D eigenvalue weighted by Gasteiger charge is 2.13. The van der Waals surface area contributed by atoms with Crippen LogP contribution in [0.25, 0.3) is 34.4 Å². The van der Waals surface area contributed by atoms with Gasteiger partial charge < -0.3 is 4.74 Å². The highest BCUT2D eigenvalue weighted by atomic mass is 16.5. The van der Waals surface area contributed by atoms with Crippen LogP contribution < -0.4 is 4.74 Å². The van der Waals surface area contributed by atoms with Crippen LogP contribution in [0.3, 0.4) is 0 Å². The van der Waals surface area contributed by atoms with Gasteiger partial charge in [0, 0.05) is 5.56 Å². The van der Waals surface area contributed by atoms with Crippen LogP contribution in [0, 0.1) is 0 Å². The lowest BCUT2D eigenvalue weighted by molar-refractivity contribution is 0.416. The molecule has 0 radical (unpaired) electrons. The van der Waals surface area contributed by atoms with Crippen molar-refractivity contribution in [1.29, 1.82) is 0 Å². The average Bonchev–Trinajstić information content (AvgIpc) is 2.72. The van der Waals surface area contributed by atoms with E-state index in [4.69, 9.17) is 14.7 Å². The molecule has 3 heteroatoms. The SMILES string of the molecule is COc1ccccc1-c1nc2ccccc2nc1/C=C/c1ccccc1. The predicted octanol–water partition coefficient (Wildman–Crippen LogP) is 5.48. The van der Waals surface area contributed by atoms with Gasteiger partial charge >= 0.3 is 0 Å². The van der Waals surface area contributed by atoms with Crippen molar-refractivity contribution < 1.29 is 4.74 Å². The monoisotopic (exact) mass is 338 g/mol. The number of hydrogen-bond acceptors (Lipinski definition) is 3. The minimum Gasteiger partial charge on any atom is -0.496 e. The zero-order valence-corrected chi connectivity index (χ0v) is 14.5. The molecule has 1 aromatic heterocycles. The van der Waals surface area contributed by atoms with Crippen LogP contribution in [0.4, 0.5) is 0 Å². The third-order valence-corrected chi connectivity index (χ3v) is 4.19. The van der Waals surface area contributed by atoms with E-state index in [9.17, 15) is 0 Å². The molecule has 0 atom stereocenters. The number of rotatable bonds is 4. The number of para-hydroxylation sites is 3. The minimum absolute atomic E-state index is 0.784. The van der Waals surface area contributed by atoms with E-state index < -0.39 is 0 Å². The number of fused-ring (bicyclic) bond motifs is 1. The lowest BCUT2D eigenvalue weighted by Crippen LogP contribution is -1.96. The molecule has 0 saturated carbocycles. The third kappa shape index (κ3) is 3.20. The Hall–Kier alpha value is -3.46. The Bertz CT molecular complexity index is 1070. The van der Waals surface area contributed by atoms with Crippen LogP contribution in [-0.4, -0.2) is 17.1 Å². The second-order valence-electron chi connectivity index (χ2n) is 5.89. The summed E-state index contributed by atoms with van der Waals surface area (Å²) in [5.41, 5.74) is 5.42. The maximum absolute atomic E-state index is 5.54. The van der Waals surface area contributed by atoms with Crippen molar-refractivity contribution in [3.05, 3.63) is 90.1 Å². The number of hydrogen-bond donors (Lipinski definition) is 0. The smallest absolute Gasteiger partial charge is 0.128 e. The molecule has 0 unspecified atom stereocenters. The van der Waals surface area contributed by atoms with Crippen molar-refractivity contribution in [3.8, 4) is 17.0 Å². The van der Waals surface area contributed by atoms with Crippen LogP contribution in [0.1, 0.15) is 11.3 Å². The molecule has 0 N–H and O–H groups in total. The first kappa shape index (κ1) is 16.0. The number of aromatic nitrogens is 2. The molecule has 1 heterocycles. The van der Waals surface area contributed by atoms with Crippen molar-refractivity contribution in [2.75, 3.05) is 7.11 Å². The van der Waals surface area contributed by atoms with Crippen LogP contribution in [0.2, 0.25) is 0 Å². The molecular formula is C23H18N2O. The van der Waals surface area contributed by atoms with Gasteiger partial charge in [-0.15, -0.1) is 0 Å². The molecular weight excluding hydrogens is 320 g/mol. The van der Waals surface area contributed by atoms with Crippen LogP contribution in [-0.2, 0) is 0 Å². The van der Waals surface area contributed by atoms with Crippen LogP contribution in [0.5, 0.6) is 5.75 Å². The van der Waals surface area contributed by atoms with E-state index >= 15 is 0 Å². The highest BCUT2D eigenvalue weighted by molar-refractivity contribution is 5.85. The number of nitrogens with zero attached hydrogens (tertiary/aromatic N) is 2. The summed E-state index contributed by atoms with van der Waals surface area (Å²) < 4.78 is 5.54. The number of ether oxygens (including phenoxy) is 1. The van der Waals surface area contributed by atoms with E-state index in [1.807, 2.05) is 72.8 Å².